The minimum absolute atomic E-state index is 0.00951. The molecule has 0 spiro atoms. The molecule has 1 saturated heterocycles. The molecule has 0 saturated carbocycles. The van der Waals surface area contributed by atoms with Gasteiger partial charge in [0.15, 0.2) is 0 Å². The molecule has 7 heteroatoms. The van der Waals surface area contributed by atoms with Crippen LogP contribution in [0.3, 0.4) is 0 Å². The maximum Gasteiger partial charge on any atom is 0.307 e. The Hall–Kier alpha value is -2.15. The first-order valence-corrected chi connectivity index (χ1v) is 8.62. The number of hydrogen-bond donors (Lipinski definition) is 0. The summed E-state index contributed by atoms with van der Waals surface area (Å²) in [6.07, 6.45) is 2.16. The van der Waals surface area contributed by atoms with Crippen LogP contribution in [-0.4, -0.2) is 46.5 Å². The molecule has 6 nitrogen and oxygen atoms in total. The highest BCUT2D eigenvalue weighted by Gasteiger charge is 2.21. The van der Waals surface area contributed by atoms with Crippen molar-refractivity contribution in [2.24, 2.45) is 0 Å². The summed E-state index contributed by atoms with van der Waals surface area (Å²) in [5, 5.41) is 1.83. The molecule has 0 radical (unpaired) electrons. The van der Waals surface area contributed by atoms with E-state index in [0.29, 0.717) is 26.1 Å². The topological polar surface area (TPSA) is 58.4 Å². The van der Waals surface area contributed by atoms with Gasteiger partial charge >= 0.3 is 4.87 Å². The lowest BCUT2D eigenvalue weighted by molar-refractivity contribution is -0.131. The van der Waals surface area contributed by atoms with E-state index in [1.54, 1.807) is 10.8 Å². The second-order valence-corrected chi connectivity index (χ2v) is 6.42. The quantitative estimate of drug-likeness (QED) is 0.848. The SMILES string of the molecule is Cc1csc(=O)n1CCC(=O)N1CCN(c2ccccn2)CC1. The number of piperazine rings is 1. The molecule has 0 aliphatic carbocycles. The lowest BCUT2D eigenvalue weighted by Gasteiger charge is -2.35. The summed E-state index contributed by atoms with van der Waals surface area (Å²) < 4.78 is 1.67. The van der Waals surface area contributed by atoms with E-state index in [4.69, 9.17) is 0 Å². The summed E-state index contributed by atoms with van der Waals surface area (Å²) >= 11 is 1.19. The molecule has 1 amide bonds. The molecule has 0 N–H and O–H groups in total. The summed E-state index contributed by atoms with van der Waals surface area (Å²) in [5.41, 5.74) is 0.924. The molecular formula is C16H20N4O2S. The molecule has 3 heterocycles. The first-order valence-electron chi connectivity index (χ1n) is 7.74. The average molecular weight is 332 g/mol. The van der Waals surface area contributed by atoms with Gasteiger partial charge in [-0.2, -0.15) is 0 Å². The van der Waals surface area contributed by atoms with Crippen LogP contribution in [0.25, 0.3) is 0 Å². The molecule has 23 heavy (non-hydrogen) atoms. The predicted molar refractivity (Wildman–Crippen MR) is 91.0 cm³/mol. The van der Waals surface area contributed by atoms with Crippen LogP contribution in [-0.2, 0) is 11.3 Å². The molecule has 1 fully saturated rings. The molecule has 0 aromatic carbocycles. The van der Waals surface area contributed by atoms with Crippen molar-refractivity contribution in [2.45, 2.75) is 19.9 Å². The van der Waals surface area contributed by atoms with Gasteiger partial charge in [0.25, 0.3) is 0 Å². The molecule has 3 rings (SSSR count). The minimum atomic E-state index is 0.00951. The van der Waals surface area contributed by atoms with Gasteiger partial charge in [-0.05, 0) is 19.1 Å². The number of rotatable bonds is 4. The second-order valence-electron chi connectivity index (χ2n) is 5.60. The fourth-order valence-electron chi connectivity index (χ4n) is 2.77. The predicted octanol–water partition coefficient (Wildman–Crippen LogP) is 1.35. The number of pyridine rings is 1. The largest absolute Gasteiger partial charge is 0.353 e. The van der Waals surface area contributed by atoms with E-state index in [-0.39, 0.29) is 10.8 Å². The number of aryl methyl sites for hydroxylation is 1. The Kier molecular flexibility index (Phi) is 4.76. The van der Waals surface area contributed by atoms with Crippen LogP contribution in [0, 0.1) is 6.92 Å². The van der Waals surface area contributed by atoms with Crippen LogP contribution in [0.4, 0.5) is 5.82 Å². The highest BCUT2D eigenvalue weighted by atomic mass is 32.1. The van der Waals surface area contributed by atoms with Crippen LogP contribution in [0.15, 0.2) is 34.6 Å². The summed E-state index contributed by atoms with van der Waals surface area (Å²) in [4.78, 5) is 32.4. The van der Waals surface area contributed by atoms with E-state index in [1.165, 1.54) is 11.3 Å². The number of aromatic nitrogens is 2. The zero-order chi connectivity index (χ0) is 16.2. The second kappa shape index (κ2) is 6.95. The van der Waals surface area contributed by atoms with Crippen molar-refractivity contribution in [3.63, 3.8) is 0 Å². The van der Waals surface area contributed by atoms with Gasteiger partial charge in [0, 0.05) is 56.4 Å². The number of nitrogens with zero attached hydrogens (tertiary/aromatic N) is 4. The van der Waals surface area contributed by atoms with Crippen LogP contribution in [0.1, 0.15) is 12.1 Å². The van der Waals surface area contributed by atoms with Crippen molar-refractivity contribution in [3.05, 3.63) is 45.1 Å². The third-order valence-electron chi connectivity index (χ3n) is 4.13. The van der Waals surface area contributed by atoms with Crippen molar-refractivity contribution in [3.8, 4) is 0 Å². The molecular weight excluding hydrogens is 312 g/mol. The van der Waals surface area contributed by atoms with Crippen LogP contribution >= 0.6 is 11.3 Å². The summed E-state index contributed by atoms with van der Waals surface area (Å²) in [7, 11) is 0. The number of thiazole rings is 1. The summed E-state index contributed by atoms with van der Waals surface area (Å²) in [5.74, 6) is 1.07. The normalized spacial score (nSPS) is 15.0. The molecule has 122 valence electrons. The van der Waals surface area contributed by atoms with Crippen molar-refractivity contribution in [1.29, 1.82) is 0 Å². The fourth-order valence-corrected chi connectivity index (χ4v) is 3.53. The maximum atomic E-state index is 12.3. The van der Waals surface area contributed by atoms with Gasteiger partial charge in [-0.1, -0.05) is 17.4 Å². The Balaban J connectivity index is 1.51. The van der Waals surface area contributed by atoms with E-state index in [0.717, 1.165) is 24.6 Å². The van der Waals surface area contributed by atoms with Gasteiger partial charge in [-0.15, -0.1) is 0 Å². The lowest BCUT2D eigenvalue weighted by atomic mass is 10.2. The lowest BCUT2D eigenvalue weighted by Crippen LogP contribution is -2.49. The summed E-state index contributed by atoms with van der Waals surface area (Å²) in [6.45, 7) is 5.35. The van der Waals surface area contributed by atoms with E-state index in [1.807, 2.05) is 35.4 Å². The first kappa shape index (κ1) is 15.7. The van der Waals surface area contributed by atoms with Gasteiger partial charge in [0.2, 0.25) is 5.91 Å². The number of anilines is 1. The van der Waals surface area contributed by atoms with Crippen LogP contribution < -0.4 is 9.77 Å². The molecule has 0 atom stereocenters. The highest BCUT2D eigenvalue weighted by molar-refractivity contribution is 7.07. The molecule has 0 unspecified atom stereocenters. The fraction of sp³-hybridized carbons (Fsp3) is 0.438. The molecule has 2 aromatic heterocycles. The van der Waals surface area contributed by atoms with Gasteiger partial charge < -0.3 is 14.4 Å². The highest BCUT2D eigenvalue weighted by Crippen LogP contribution is 2.13. The van der Waals surface area contributed by atoms with Crippen molar-refractivity contribution in [1.82, 2.24) is 14.5 Å². The number of carbonyl (C=O) groups excluding carboxylic acids is 1. The smallest absolute Gasteiger partial charge is 0.307 e. The Morgan fingerprint density at radius 1 is 1.26 bits per heavy atom. The van der Waals surface area contributed by atoms with Crippen LogP contribution in [0.2, 0.25) is 0 Å². The van der Waals surface area contributed by atoms with Crippen molar-refractivity contribution in [2.75, 3.05) is 31.1 Å². The van der Waals surface area contributed by atoms with Crippen LogP contribution in [0.5, 0.6) is 0 Å². The van der Waals surface area contributed by atoms with Gasteiger partial charge in [0.1, 0.15) is 5.82 Å². The molecule has 1 aliphatic heterocycles. The zero-order valence-electron chi connectivity index (χ0n) is 13.1. The van der Waals surface area contributed by atoms with Crippen molar-refractivity contribution >= 4 is 23.1 Å². The molecule has 0 bridgehead atoms. The molecule has 1 aliphatic rings. The van der Waals surface area contributed by atoms with E-state index >= 15 is 0 Å². The maximum absolute atomic E-state index is 12.3. The monoisotopic (exact) mass is 332 g/mol. The number of hydrogen-bond acceptors (Lipinski definition) is 5. The zero-order valence-corrected chi connectivity index (χ0v) is 14.0. The first-order chi connectivity index (χ1) is 11.1. The Morgan fingerprint density at radius 3 is 2.65 bits per heavy atom. The summed E-state index contributed by atoms with van der Waals surface area (Å²) in [6, 6.07) is 5.86. The van der Waals surface area contributed by atoms with Gasteiger partial charge in [-0.3, -0.25) is 9.59 Å². The van der Waals surface area contributed by atoms with Gasteiger partial charge in [0.05, 0.1) is 0 Å². The standard InChI is InChI=1S/C16H20N4O2S/c1-13-12-23-16(22)20(13)7-5-15(21)19-10-8-18(9-11-19)14-4-2-3-6-17-14/h2-4,6,12H,5,7-11H2,1H3. The Morgan fingerprint density at radius 2 is 2.04 bits per heavy atom. The van der Waals surface area contributed by atoms with Gasteiger partial charge in [-0.25, -0.2) is 4.98 Å². The Bertz CT molecular complexity index is 717. The van der Waals surface area contributed by atoms with E-state index in [2.05, 4.69) is 9.88 Å². The van der Waals surface area contributed by atoms with Crippen molar-refractivity contribution < 1.29 is 4.79 Å². The Labute approximate surface area is 139 Å². The third kappa shape index (κ3) is 3.61. The average Bonchev–Trinajstić information content (AvgIpc) is 2.92. The number of carbonyl (C=O) groups is 1. The number of amides is 1. The van der Waals surface area contributed by atoms with E-state index < -0.39 is 0 Å². The van der Waals surface area contributed by atoms with E-state index in [9.17, 15) is 9.59 Å². The molecule has 2 aromatic rings. The minimum Gasteiger partial charge on any atom is -0.353 e. The third-order valence-corrected chi connectivity index (χ3v) is 5.01.